The van der Waals surface area contributed by atoms with E-state index < -0.39 is 112 Å². The number of hydrogen-bond acceptors (Lipinski definition) is 15. The van der Waals surface area contributed by atoms with E-state index in [9.17, 15) is 72.3 Å². The Labute approximate surface area is 403 Å². The molecular weight excluding hydrogens is 968 g/mol. The molecule has 0 aromatic carbocycles. The van der Waals surface area contributed by atoms with Crippen LogP contribution in [-0.2, 0) is 59.9 Å². The normalized spacial score (nSPS) is 23.8. The van der Waals surface area contributed by atoms with Crippen LogP contribution in [-0.4, -0.2) is 112 Å². The van der Waals surface area contributed by atoms with E-state index in [2.05, 4.69) is 31.9 Å². The van der Waals surface area contributed by atoms with Crippen LogP contribution in [0.5, 0.6) is 0 Å². The lowest BCUT2D eigenvalue weighted by molar-refractivity contribution is -0.209. The van der Waals surface area contributed by atoms with E-state index in [0.29, 0.717) is 25.7 Å². The molecule has 0 radical (unpaired) electrons. The topological polar surface area (TPSA) is 349 Å². The van der Waals surface area contributed by atoms with E-state index in [1.165, 1.54) is 64.2 Å². The van der Waals surface area contributed by atoms with Crippen molar-refractivity contribution < 1.29 is 111 Å². The van der Waals surface area contributed by atoms with Gasteiger partial charge in [-0.15, -0.1) is 0 Å². The number of hydrogen-bond donors (Lipinski definition) is 9. The SMILES string of the molecule is [2H]C([2H])(OC(=O)CCCCCCCCCCCCCCC)C([2H])(OC(=O)CCCCCCCCCCCCCCC)C([2H])([2H])OP(=O)(O)O[C@@H]1[C@@H](O)[C@H](OP(=O)(O)O)[C@H](O)[C@H](OP(=O)(O)O)[C@H]1OP(=O)(O)O. The van der Waals surface area contributed by atoms with E-state index >= 15 is 0 Å². The zero-order valence-electron chi connectivity index (χ0n) is 43.9. The van der Waals surface area contributed by atoms with Gasteiger partial charge in [-0.25, -0.2) is 18.3 Å². The summed E-state index contributed by atoms with van der Waals surface area (Å²) in [6.45, 7) is -4.24. The minimum Gasteiger partial charge on any atom is -0.462 e. The molecule has 398 valence electrons. The molecule has 0 aromatic rings. The third-order valence-corrected chi connectivity index (χ3v) is 13.1. The molecule has 26 heteroatoms. The summed E-state index contributed by atoms with van der Waals surface area (Å²) in [6, 6.07) is 0. The summed E-state index contributed by atoms with van der Waals surface area (Å²) in [4.78, 5) is 94.1. The fourth-order valence-corrected chi connectivity index (χ4v) is 9.83. The molecular formula is C41H82O22P4. The molecule has 0 saturated heterocycles. The molecule has 1 rings (SSSR count). The number of aliphatic hydroxyl groups excluding tert-OH is 2. The van der Waals surface area contributed by atoms with E-state index in [1.807, 2.05) is 0 Å². The van der Waals surface area contributed by atoms with E-state index in [0.717, 1.165) is 64.2 Å². The van der Waals surface area contributed by atoms with Gasteiger partial charge in [-0.1, -0.05) is 168 Å². The first-order valence-corrected chi connectivity index (χ1v) is 29.6. The molecule has 8 atom stereocenters. The van der Waals surface area contributed by atoms with Gasteiger partial charge in [-0.3, -0.25) is 32.2 Å². The highest BCUT2D eigenvalue weighted by Gasteiger charge is 2.59. The second-order valence-electron chi connectivity index (χ2n) is 16.8. The summed E-state index contributed by atoms with van der Waals surface area (Å²) >= 11 is 0. The van der Waals surface area contributed by atoms with E-state index in [4.69, 9.17) is 20.9 Å². The minimum atomic E-state index is -6.60. The molecule has 0 amide bonds. The monoisotopic (exact) mass is 1060 g/mol. The lowest BCUT2D eigenvalue weighted by atomic mass is 9.85. The van der Waals surface area contributed by atoms with Gasteiger partial charge < -0.3 is 53.9 Å². The number of unbranched alkanes of at least 4 members (excludes halogenated alkanes) is 24. The van der Waals surface area contributed by atoms with Crippen LogP contribution in [0.15, 0.2) is 0 Å². The Balaban J connectivity index is 3.32. The summed E-state index contributed by atoms with van der Waals surface area (Å²) in [5.41, 5.74) is 0. The van der Waals surface area contributed by atoms with Gasteiger partial charge in [0.25, 0.3) is 0 Å². The lowest BCUT2D eigenvalue weighted by Crippen LogP contribution is -2.65. The first kappa shape index (κ1) is 55.6. The maximum Gasteiger partial charge on any atom is 0.472 e. The third kappa shape index (κ3) is 33.6. The first-order valence-electron chi connectivity index (χ1n) is 26.1. The zero-order chi connectivity index (χ0) is 54.9. The van der Waals surface area contributed by atoms with Crippen LogP contribution in [0, 0.1) is 0 Å². The zero-order valence-corrected chi connectivity index (χ0v) is 42.5. The fraction of sp³-hybridized carbons (Fsp3) is 0.951. The Morgan fingerprint density at radius 2 is 0.776 bits per heavy atom. The molecule has 22 nitrogen and oxygen atoms in total. The highest BCUT2D eigenvalue weighted by molar-refractivity contribution is 7.47. The number of aliphatic hydroxyl groups is 2. The van der Waals surface area contributed by atoms with Crippen LogP contribution in [0.1, 0.15) is 200 Å². The molecule has 1 aliphatic rings. The van der Waals surface area contributed by atoms with Gasteiger partial charge >= 0.3 is 43.2 Å². The lowest BCUT2D eigenvalue weighted by Gasteiger charge is -2.45. The standard InChI is InChI=1S/C41H82O22P4/c1-3-5-7-9-11-13-15-17-19-21-23-25-27-29-34(42)57-31-33(59-35(43)30-28-26-24-22-20-18-16-14-12-10-8-6-4-2)32-58-67(55,56)63-40-37(45)38(60-64(46,47)48)36(44)39(61-65(49,50)51)41(40)62-66(52,53)54/h33,36-41,44-45H,3-32H2,1-2H3,(H,55,56)(H2,46,47,48)(H2,49,50,51)(H2,52,53,54)/t33?,36-,37-,38+,39-,40+,41+/m0/s1/i31D2,32D2,33D. The smallest absolute Gasteiger partial charge is 0.462 e. The molecule has 2 unspecified atom stereocenters. The Kier molecular flexibility index (Phi) is 29.4. The Morgan fingerprint density at radius 1 is 0.463 bits per heavy atom. The fourth-order valence-electron chi connectivity index (χ4n) is 7.35. The van der Waals surface area contributed by atoms with Crippen LogP contribution < -0.4 is 0 Å². The highest BCUT2D eigenvalue weighted by atomic mass is 31.2. The molecule has 0 aliphatic heterocycles. The van der Waals surface area contributed by atoms with Crippen molar-refractivity contribution in [3.8, 4) is 0 Å². The molecule has 1 aliphatic carbocycles. The van der Waals surface area contributed by atoms with Gasteiger partial charge in [0.1, 0.15) is 43.2 Å². The van der Waals surface area contributed by atoms with Crippen LogP contribution in [0.4, 0.5) is 0 Å². The predicted octanol–water partition coefficient (Wildman–Crippen LogP) is 8.08. The Morgan fingerprint density at radius 3 is 1.15 bits per heavy atom. The predicted molar refractivity (Wildman–Crippen MR) is 245 cm³/mol. The summed E-state index contributed by atoms with van der Waals surface area (Å²) < 4.78 is 124. The maximum absolute atomic E-state index is 13.7. The van der Waals surface area contributed by atoms with Crippen LogP contribution in [0.2, 0.25) is 0 Å². The Bertz CT molecular complexity index is 1760. The van der Waals surface area contributed by atoms with Crippen LogP contribution in [0.25, 0.3) is 0 Å². The Hall–Kier alpha value is -0.700. The maximum atomic E-state index is 13.7. The number of phosphoric ester groups is 4. The van der Waals surface area contributed by atoms with Gasteiger partial charge in [0.2, 0.25) is 0 Å². The molecule has 1 saturated carbocycles. The highest BCUT2D eigenvalue weighted by Crippen LogP contribution is 2.54. The van der Waals surface area contributed by atoms with Crippen LogP contribution >= 0.6 is 31.3 Å². The van der Waals surface area contributed by atoms with Crippen molar-refractivity contribution in [1.82, 2.24) is 0 Å². The van der Waals surface area contributed by atoms with Crippen molar-refractivity contribution in [2.45, 2.75) is 236 Å². The van der Waals surface area contributed by atoms with Gasteiger partial charge in [-0.05, 0) is 12.8 Å². The average molecular weight is 1060 g/mol. The van der Waals surface area contributed by atoms with E-state index in [1.54, 1.807) is 0 Å². The minimum absolute atomic E-state index is 0.0850. The third-order valence-electron chi connectivity index (χ3n) is 10.7. The number of carbonyl (C=O) groups is 2. The average Bonchev–Trinajstić information content (AvgIpc) is 3.23. The molecule has 0 aromatic heterocycles. The summed E-state index contributed by atoms with van der Waals surface area (Å²) in [6.07, 6.45) is 1.33. The van der Waals surface area contributed by atoms with Crippen molar-refractivity contribution in [3.63, 3.8) is 0 Å². The second-order valence-corrected chi connectivity index (χ2v) is 21.7. The van der Waals surface area contributed by atoms with Gasteiger partial charge in [0, 0.05) is 12.8 Å². The van der Waals surface area contributed by atoms with Crippen molar-refractivity contribution in [2.24, 2.45) is 0 Å². The molecule has 0 bridgehead atoms. The quantitative estimate of drug-likeness (QED) is 0.0158. The summed E-state index contributed by atoms with van der Waals surface area (Å²) in [7, 11) is -24.5. The molecule has 0 heterocycles. The largest absolute Gasteiger partial charge is 0.472 e. The van der Waals surface area contributed by atoms with Crippen molar-refractivity contribution in [3.05, 3.63) is 0 Å². The van der Waals surface area contributed by atoms with Crippen molar-refractivity contribution in [1.29, 1.82) is 0 Å². The van der Waals surface area contributed by atoms with Crippen molar-refractivity contribution >= 4 is 43.2 Å². The number of rotatable bonds is 42. The van der Waals surface area contributed by atoms with Gasteiger partial charge in [-0.2, -0.15) is 0 Å². The second kappa shape index (κ2) is 35.4. The molecule has 9 N–H and O–H groups in total. The van der Waals surface area contributed by atoms with Gasteiger partial charge in [0.05, 0.1) is 13.4 Å². The van der Waals surface area contributed by atoms with Crippen molar-refractivity contribution in [2.75, 3.05) is 13.1 Å². The molecule has 67 heavy (non-hydrogen) atoms. The molecule has 1 fully saturated rings. The van der Waals surface area contributed by atoms with Crippen LogP contribution in [0.3, 0.4) is 0 Å². The number of carbonyl (C=O) groups excluding carboxylic acids is 2. The van der Waals surface area contributed by atoms with Gasteiger partial charge in [0.15, 0.2) is 6.08 Å². The van der Waals surface area contributed by atoms with E-state index in [-0.39, 0.29) is 12.8 Å². The number of phosphoric acid groups is 4. The number of ether oxygens (including phenoxy) is 2. The number of esters is 2. The molecule has 0 spiro atoms. The summed E-state index contributed by atoms with van der Waals surface area (Å²) in [5.74, 6) is -2.81. The first-order chi connectivity index (χ1) is 33.3. The summed E-state index contributed by atoms with van der Waals surface area (Å²) in [5, 5.41) is 21.7.